The predicted molar refractivity (Wildman–Crippen MR) is 80.5 cm³/mol. The molecule has 0 saturated heterocycles. The average molecular weight is 371 g/mol. The first-order chi connectivity index (χ1) is 12.2. The van der Waals surface area contributed by atoms with Crippen molar-refractivity contribution in [1.29, 1.82) is 0 Å². The van der Waals surface area contributed by atoms with Crippen LogP contribution in [0.4, 0.5) is 18.9 Å². The van der Waals surface area contributed by atoms with Crippen molar-refractivity contribution in [3.8, 4) is 11.5 Å². The van der Waals surface area contributed by atoms with Crippen LogP contribution in [0, 0.1) is 0 Å². The van der Waals surface area contributed by atoms with E-state index in [0.29, 0.717) is 0 Å². The quantitative estimate of drug-likeness (QED) is 0.631. The van der Waals surface area contributed by atoms with E-state index in [0.717, 1.165) is 20.3 Å². The summed E-state index contributed by atoms with van der Waals surface area (Å²) in [5, 5.41) is 8.89. The van der Waals surface area contributed by atoms with E-state index < -0.39 is 24.0 Å². The highest BCUT2D eigenvalue weighted by atomic mass is 19.4. The zero-order valence-electron chi connectivity index (χ0n) is 13.5. The Hall–Kier alpha value is -3.37. The first-order valence-electron chi connectivity index (χ1n) is 6.90. The number of anilines is 1. The summed E-state index contributed by atoms with van der Waals surface area (Å²) in [7, 11) is 2.24. The molecule has 2 rings (SSSR count). The van der Waals surface area contributed by atoms with Crippen molar-refractivity contribution in [2.24, 2.45) is 0 Å². The molecule has 0 radical (unpaired) electrons. The Kier molecular flexibility index (Phi) is 5.60. The average Bonchev–Trinajstić information content (AvgIpc) is 3.11. The van der Waals surface area contributed by atoms with Crippen molar-refractivity contribution in [2.75, 3.05) is 19.5 Å². The van der Waals surface area contributed by atoms with E-state index in [-0.39, 0.29) is 22.8 Å². The minimum Gasteiger partial charge on any atom is -0.466 e. The molecule has 1 N–H and O–H groups in total. The Morgan fingerprint density at radius 1 is 1.19 bits per heavy atom. The standard InChI is InChI=1S/C15H12F3N3O5/c1-24-11(22)7-10(13(23)25-2)19-9-5-3-4-8(6-9)12-20-21-14(26-12)15(16,17)18/h3-7,19H,1-2H3/b10-7+. The molecule has 11 heteroatoms. The number of aromatic nitrogens is 2. The largest absolute Gasteiger partial charge is 0.470 e. The fourth-order valence-corrected chi connectivity index (χ4v) is 1.77. The lowest BCUT2D eigenvalue weighted by Gasteiger charge is -2.09. The van der Waals surface area contributed by atoms with Gasteiger partial charge in [0.2, 0.25) is 5.89 Å². The van der Waals surface area contributed by atoms with Gasteiger partial charge in [-0.1, -0.05) is 6.07 Å². The van der Waals surface area contributed by atoms with Gasteiger partial charge < -0.3 is 19.2 Å². The molecule has 0 unspecified atom stereocenters. The van der Waals surface area contributed by atoms with E-state index in [4.69, 9.17) is 0 Å². The van der Waals surface area contributed by atoms with Gasteiger partial charge in [0.15, 0.2) is 0 Å². The summed E-state index contributed by atoms with van der Waals surface area (Å²) < 4.78 is 51.2. The summed E-state index contributed by atoms with van der Waals surface area (Å²) in [5.41, 5.74) is 0.188. The number of nitrogens with zero attached hydrogens (tertiary/aromatic N) is 2. The second-order valence-electron chi connectivity index (χ2n) is 4.69. The molecule has 2 aromatic rings. The third-order valence-electron chi connectivity index (χ3n) is 2.92. The van der Waals surface area contributed by atoms with Crippen LogP contribution in [0.3, 0.4) is 0 Å². The number of halogens is 3. The molecule has 1 aromatic carbocycles. The zero-order valence-corrected chi connectivity index (χ0v) is 13.5. The predicted octanol–water partition coefficient (Wildman–Crippen LogP) is 2.40. The Bertz CT molecular complexity index is 845. The van der Waals surface area contributed by atoms with Gasteiger partial charge in [0.05, 0.1) is 20.3 Å². The van der Waals surface area contributed by atoms with Crippen LogP contribution in [0.15, 0.2) is 40.5 Å². The second-order valence-corrected chi connectivity index (χ2v) is 4.69. The number of benzene rings is 1. The SMILES string of the molecule is COC(=O)/C=C(/Nc1cccc(-c2nnc(C(F)(F)F)o2)c1)C(=O)OC. The molecule has 0 saturated carbocycles. The molecule has 0 atom stereocenters. The zero-order chi connectivity index (χ0) is 19.3. The van der Waals surface area contributed by atoms with Gasteiger partial charge in [-0.3, -0.25) is 0 Å². The van der Waals surface area contributed by atoms with Crippen LogP contribution in [0.1, 0.15) is 5.89 Å². The lowest BCUT2D eigenvalue weighted by molar-refractivity contribution is -0.157. The number of rotatable bonds is 5. The molecule has 1 heterocycles. The van der Waals surface area contributed by atoms with E-state index in [1.807, 2.05) is 0 Å². The molecule has 8 nitrogen and oxygen atoms in total. The first-order valence-corrected chi connectivity index (χ1v) is 6.90. The van der Waals surface area contributed by atoms with Gasteiger partial charge in [-0.25, -0.2) is 9.59 Å². The fraction of sp³-hybridized carbons (Fsp3) is 0.200. The molecule has 0 bridgehead atoms. The van der Waals surface area contributed by atoms with Crippen molar-refractivity contribution < 1.29 is 36.7 Å². The van der Waals surface area contributed by atoms with Crippen LogP contribution >= 0.6 is 0 Å². The normalized spacial score (nSPS) is 11.8. The van der Waals surface area contributed by atoms with Gasteiger partial charge >= 0.3 is 24.0 Å². The summed E-state index contributed by atoms with van der Waals surface area (Å²) in [6.07, 6.45) is -3.89. The maximum Gasteiger partial charge on any atom is 0.470 e. The molecule has 0 aliphatic heterocycles. The summed E-state index contributed by atoms with van der Waals surface area (Å²) in [6.45, 7) is 0. The van der Waals surface area contributed by atoms with Gasteiger partial charge in [0, 0.05) is 11.3 Å². The van der Waals surface area contributed by atoms with E-state index in [1.165, 1.54) is 24.3 Å². The maximum absolute atomic E-state index is 12.5. The molecule has 0 fully saturated rings. The summed E-state index contributed by atoms with van der Waals surface area (Å²) in [4.78, 5) is 23.0. The molecule has 1 aromatic heterocycles. The van der Waals surface area contributed by atoms with Crippen LogP contribution in [0.25, 0.3) is 11.5 Å². The van der Waals surface area contributed by atoms with Crippen LogP contribution in [0.2, 0.25) is 0 Å². The topological polar surface area (TPSA) is 104 Å². The molecule has 0 spiro atoms. The van der Waals surface area contributed by atoms with Crippen molar-refractivity contribution in [1.82, 2.24) is 10.2 Å². The molecule has 26 heavy (non-hydrogen) atoms. The van der Waals surface area contributed by atoms with Crippen LogP contribution in [0.5, 0.6) is 0 Å². The number of ether oxygens (including phenoxy) is 2. The minimum atomic E-state index is -4.76. The number of methoxy groups -OCH3 is 2. The summed E-state index contributed by atoms with van der Waals surface area (Å²) >= 11 is 0. The molecule has 0 aliphatic carbocycles. The number of nitrogens with one attached hydrogen (secondary N) is 1. The van der Waals surface area contributed by atoms with Gasteiger partial charge in [-0.15, -0.1) is 10.2 Å². The number of hydrogen-bond acceptors (Lipinski definition) is 8. The third-order valence-corrected chi connectivity index (χ3v) is 2.92. The third kappa shape index (κ3) is 4.59. The molecule has 0 amide bonds. The first kappa shape index (κ1) is 19.0. The van der Waals surface area contributed by atoms with Gasteiger partial charge in [-0.05, 0) is 18.2 Å². The van der Waals surface area contributed by atoms with Crippen molar-refractivity contribution in [2.45, 2.75) is 6.18 Å². The molecule has 138 valence electrons. The number of alkyl halides is 3. The molecule has 0 aliphatic rings. The lowest BCUT2D eigenvalue weighted by atomic mass is 10.2. The number of carbonyl (C=O) groups is 2. The van der Waals surface area contributed by atoms with Gasteiger partial charge in [-0.2, -0.15) is 13.2 Å². The highest BCUT2D eigenvalue weighted by Gasteiger charge is 2.38. The summed E-state index contributed by atoms with van der Waals surface area (Å²) in [5.74, 6) is -3.50. The van der Waals surface area contributed by atoms with E-state index in [1.54, 1.807) is 0 Å². The van der Waals surface area contributed by atoms with Crippen molar-refractivity contribution in [3.05, 3.63) is 41.9 Å². The van der Waals surface area contributed by atoms with Gasteiger partial charge in [0.25, 0.3) is 0 Å². The highest BCUT2D eigenvalue weighted by molar-refractivity contribution is 5.98. The number of carbonyl (C=O) groups excluding carboxylic acids is 2. The lowest BCUT2D eigenvalue weighted by Crippen LogP contribution is -2.15. The monoisotopic (exact) mass is 371 g/mol. The smallest absolute Gasteiger partial charge is 0.466 e. The molecular formula is C15H12F3N3O5. The van der Waals surface area contributed by atoms with E-state index >= 15 is 0 Å². The fourth-order valence-electron chi connectivity index (χ4n) is 1.77. The Labute approximate surface area is 144 Å². The Morgan fingerprint density at radius 3 is 2.50 bits per heavy atom. The molecular weight excluding hydrogens is 359 g/mol. The van der Waals surface area contributed by atoms with Crippen molar-refractivity contribution in [3.63, 3.8) is 0 Å². The van der Waals surface area contributed by atoms with E-state index in [2.05, 4.69) is 29.4 Å². The maximum atomic E-state index is 12.5. The van der Waals surface area contributed by atoms with Crippen LogP contribution in [-0.2, 0) is 25.2 Å². The minimum absolute atomic E-state index is 0.167. The second kappa shape index (κ2) is 7.68. The highest BCUT2D eigenvalue weighted by Crippen LogP contribution is 2.31. The summed E-state index contributed by atoms with van der Waals surface area (Å²) in [6, 6.07) is 5.75. The van der Waals surface area contributed by atoms with Crippen LogP contribution in [-0.4, -0.2) is 36.4 Å². The Morgan fingerprint density at radius 2 is 1.92 bits per heavy atom. The van der Waals surface area contributed by atoms with Gasteiger partial charge in [0.1, 0.15) is 5.70 Å². The number of hydrogen-bond donors (Lipinski definition) is 1. The van der Waals surface area contributed by atoms with Crippen LogP contribution < -0.4 is 5.32 Å². The van der Waals surface area contributed by atoms with E-state index in [9.17, 15) is 22.8 Å². The van der Waals surface area contributed by atoms with Crippen molar-refractivity contribution >= 4 is 17.6 Å². The Balaban J connectivity index is 2.30. The number of esters is 2.